The zero-order valence-electron chi connectivity index (χ0n) is 17.2. The highest BCUT2D eigenvalue weighted by Gasteiger charge is 2.54. The number of carbonyl (C=O) groups excluding carboxylic acids is 2. The maximum Gasteiger partial charge on any atom is 0.269 e. The van der Waals surface area contributed by atoms with E-state index in [1.165, 1.54) is 11.1 Å². The van der Waals surface area contributed by atoms with Gasteiger partial charge >= 0.3 is 0 Å². The van der Waals surface area contributed by atoms with Crippen LogP contribution in [0.5, 0.6) is 0 Å². The van der Waals surface area contributed by atoms with Crippen molar-refractivity contribution >= 4 is 17.5 Å². The summed E-state index contributed by atoms with van der Waals surface area (Å²) < 4.78 is 5.41. The Morgan fingerprint density at radius 3 is 2.77 bits per heavy atom. The lowest BCUT2D eigenvalue weighted by molar-refractivity contribution is 0.0928. The number of hydrogen-bond donors (Lipinski definition) is 3. The minimum absolute atomic E-state index is 0.0373. The highest BCUT2D eigenvalue weighted by Crippen LogP contribution is 2.44. The molecule has 1 aromatic heterocycles. The third kappa shape index (κ3) is 3.23. The fraction of sp³-hybridized carbons (Fsp3) is 0.435. The van der Waals surface area contributed by atoms with Crippen molar-refractivity contribution in [3.8, 4) is 0 Å². The van der Waals surface area contributed by atoms with Crippen LogP contribution < -0.4 is 16.0 Å². The molecule has 2 aliphatic heterocycles. The van der Waals surface area contributed by atoms with Gasteiger partial charge in [-0.1, -0.05) is 19.1 Å². The predicted molar refractivity (Wildman–Crippen MR) is 113 cm³/mol. The second-order valence-electron chi connectivity index (χ2n) is 8.38. The molecule has 1 unspecified atom stereocenters. The second-order valence-corrected chi connectivity index (χ2v) is 8.38. The Labute approximate surface area is 175 Å². The van der Waals surface area contributed by atoms with Crippen molar-refractivity contribution < 1.29 is 14.3 Å². The van der Waals surface area contributed by atoms with Crippen LogP contribution in [0.25, 0.3) is 0 Å². The number of carbonyl (C=O) groups is 2. The Morgan fingerprint density at radius 2 is 2.00 bits per heavy atom. The number of hydrogen-bond acceptors (Lipinski definition) is 5. The summed E-state index contributed by atoms with van der Waals surface area (Å²) in [7, 11) is 1.57. The lowest BCUT2D eigenvalue weighted by Crippen LogP contribution is -2.30. The zero-order chi connectivity index (χ0) is 20.8. The Balaban J connectivity index is 1.47. The molecule has 0 radical (unpaired) electrons. The number of amides is 2. The fourth-order valence-corrected chi connectivity index (χ4v) is 4.77. The molecule has 2 aromatic rings. The Morgan fingerprint density at radius 1 is 1.20 bits per heavy atom. The van der Waals surface area contributed by atoms with Crippen LogP contribution in [0.4, 0.5) is 5.69 Å². The van der Waals surface area contributed by atoms with Gasteiger partial charge in [0, 0.05) is 54.3 Å². The quantitative estimate of drug-likeness (QED) is 0.706. The molecule has 2 amide bonds. The third-order valence-corrected chi connectivity index (χ3v) is 6.63. The van der Waals surface area contributed by atoms with Gasteiger partial charge in [0.05, 0.1) is 13.2 Å². The van der Waals surface area contributed by atoms with Gasteiger partial charge in [-0.25, -0.2) is 4.98 Å². The highest BCUT2D eigenvalue weighted by atomic mass is 16.5. The van der Waals surface area contributed by atoms with E-state index in [9.17, 15) is 9.59 Å². The second kappa shape index (κ2) is 7.40. The largest absolute Gasteiger partial charge is 0.384 e. The summed E-state index contributed by atoms with van der Waals surface area (Å²) in [6.07, 6.45) is 0.963. The van der Waals surface area contributed by atoms with Crippen LogP contribution in [0.15, 0.2) is 30.3 Å². The number of rotatable bonds is 5. The number of benzene rings is 1. The van der Waals surface area contributed by atoms with Crippen molar-refractivity contribution in [1.29, 1.82) is 0 Å². The number of fused-ring (bicyclic) bond motifs is 2. The molecule has 3 aliphatic rings. The first-order valence-corrected chi connectivity index (χ1v) is 10.5. The molecule has 3 heterocycles. The van der Waals surface area contributed by atoms with Gasteiger partial charge in [0.2, 0.25) is 0 Å². The van der Waals surface area contributed by atoms with Crippen molar-refractivity contribution in [2.45, 2.75) is 25.3 Å². The van der Waals surface area contributed by atoms with E-state index in [0.29, 0.717) is 30.6 Å². The highest BCUT2D eigenvalue weighted by molar-refractivity contribution is 5.99. The summed E-state index contributed by atoms with van der Waals surface area (Å²) in [6.45, 7) is 4.43. The minimum Gasteiger partial charge on any atom is -0.384 e. The molecule has 1 saturated heterocycles. The predicted octanol–water partition coefficient (Wildman–Crippen LogP) is 1.94. The molecule has 1 aromatic carbocycles. The van der Waals surface area contributed by atoms with Gasteiger partial charge in [-0.2, -0.15) is 0 Å². The number of pyridine rings is 1. The monoisotopic (exact) mass is 406 g/mol. The number of nitrogens with one attached hydrogen (secondary N) is 3. The van der Waals surface area contributed by atoms with Crippen LogP contribution >= 0.6 is 0 Å². The SMILES string of the molecule is CNC(=O)c1cc(C(=O)NC2[C@H]3COC[C@@H]23)cc([C@H](C)c2cccc3c2CCN3)n1. The number of nitrogens with zero attached hydrogens (tertiary/aromatic N) is 1. The van der Waals surface area contributed by atoms with Crippen molar-refractivity contribution in [1.82, 2.24) is 15.6 Å². The van der Waals surface area contributed by atoms with Gasteiger partial charge in [0.1, 0.15) is 5.69 Å². The average Bonchev–Trinajstić information content (AvgIpc) is 3.16. The molecule has 1 saturated carbocycles. The fourth-order valence-electron chi connectivity index (χ4n) is 4.77. The molecule has 7 nitrogen and oxygen atoms in total. The number of anilines is 1. The maximum absolute atomic E-state index is 13.0. The van der Waals surface area contributed by atoms with E-state index in [-0.39, 0.29) is 29.5 Å². The summed E-state index contributed by atoms with van der Waals surface area (Å²) in [5.74, 6) is 0.355. The van der Waals surface area contributed by atoms with Crippen LogP contribution in [0.1, 0.15) is 50.5 Å². The Bertz CT molecular complexity index is 1010. The summed E-state index contributed by atoms with van der Waals surface area (Å²) in [4.78, 5) is 29.9. The molecule has 4 atom stereocenters. The molecule has 7 heteroatoms. The molecule has 30 heavy (non-hydrogen) atoms. The molecule has 156 valence electrons. The van der Waals surface area contributed by atoms with E-state index in [4.69, 9.17) is 4.74 Å². The lowest BCUT2D eigenvalue weighted by Gasteiger charge is -2.17. The van der Waals surface area contributed by atoms with Crippen molar-refractivity contribution in [3.63, 3.8) is 0 Å². The van der Waals surface area contributed by atoms with Crippen LogP contribution in [0.2, 0.25) is 0 Å². The van der Waals surface area contributed by atoms with Crippen molar-refractivity contribution in [2.75, 3.05) is 32.1 Å². The van der Waals surface area contributed by atoms with Crippen LogP contribution in [0.3, 0.4) is 0 Å². The number of aromatic nitrogens is 1. The van der Waals surface area contributed by atoms with Crippen molar-refractivity contribution in [2.24, 2.45) is 11.8 Å². The lowest BCUT2D eigenvalue weighted by atomic mass is 9.90. The van der Waals surface area contributed by atoms with E-state index in [1.807, 2.05) is 12.1 Å². The van der Waals surface area contributed by atoms with E-state index < -0.39 is 0 Å². The summed E-state index contributed by atoms with van der Waals surface area (Å²) in [5.41, 5.74) is 5.08. The normalized spacial score (nSPS) is 24.4. The first-order chi connectivity index (χ1) is 14.6. The van der Waals surface area contributed by atoms with E-state index in [1.54, 1.807) is 13.1 Å². The van der Waals surface area contributed by atoms with Gasteiger partial charge in [-0.3, -0.25) is 9.59 Å². The summed E-state index contributed by atoms with van der Waals surface area (Å²) in [6, 6.07) is 9.80. The van der Waals surface area contributed by atoms with E-state index in [0.717, 1.165) is 24.3 Å². The summed E-state index contributed by atoms with van der Waals surface area (Å²) in [5, 5.41) is 9.14. The smallest absolute Gasteiger partial charge is 0.269 e. The Kier molecular flexibility index (Phi) is 4.70. The molecule has 0 bridgehead atoms. The number of ether oxygens (including phenoxy) is 1. The van der Waals surface area contributed by atoms with Gasteiger partial charge < -0.3 is 20.7 Å². The van der Waals surface area contributed by atoms with Crippen LogP contribution in [0, 0.1) is 11.8 Å². The molecular weight excluding hydrogens is 380 g/mol. The topological polar surface area (TPSA) is 92.4 Å². The molecule has 3 N–H and O–H groups in total. The molecule has 1 aliphatic carbocycles. The standard InChI is InChI=1S/C23H26N4O3/c1-12(14-4-3-5-18-15(14)6-7-25-18)19-8-13(9-20(26-19)23(29)24-2)22(28)27-21-16-10-30-11-17(16)21/h3-5,8-9,12,16-17,21,25H,6-7,10-11H2,1-2H3,(H,24,29)(H,27,28)/t12-,16-,17+,21?/m1/s1. The Hall–Kier alpha value is -2.93. The average molecular weight is 406 g/mol. The van der Waals surface area contributed by atoms with E-state index in [2.05, 4.69) is 40.0 Å². The zero-order valence-corrected chi connectivity index (χ0v) is 17.2. The molecule has 2 fully saturated rings. The minimum atomic E-state index is -0.297. The van der Waals surface area contributed by atoms with Gasteiger partial charge in [0.25, 0.3) is 11.8 Å². The third-order valence-electron chi connectivity index (χ3n) is 6.63. The van der Waals surface area contributed by atoms with Gasteiger partial charge in [-0.15, -0.1) is 0 Å². The molecule has 5 rings (SSSR count). The van der Waals surface area contributed by atoms with Crippen LogP contribution in [-0.4, -0.2) is 49.6 Å². The molecular formula is C23H26N4O3. The summed E-state index contributed by atoms with van der Waals surface area (Å²) >= 11 is 0. The van der Waals surface area contributed by atoms with Crippen molar-refractivity contribution in [3.05, 3.63) is 58.4 Å². The van der Waals surface area contributed by atoms with Gasteiger partial charge in [-0.05, 0) is 35.7 Å². The maximum atomic E-state index is 13.0. The van der Waals surface area contributed by atoms with Crippen LogP contribution in [-0.2, 0) is 11.2 Å². The first kappa shape index (κ1) is 19.1. The first-order valence-electron chi connectivity index (χ1n) is 10.5. The van der Waals surface area contributed by atoms with Gasteiger partial charge in [0.15, 0.2) is 0 Å². The van der Waals surface area contributed by atoms with E-state index >= 15 is 0 Å². The molecule has 0 spiro atoms.